The van der Waals surface area contributed by atoms with Gasteiger partial charge in [-0.15, -0.1) is 0 Å². The summed E-state index contributed by atoms with van der Waals surface area (Å²) in [6, 6.07) is 14.5. The molecule has 0 bridgehead atoms. The predicted molar refractivity (Wildman–Crippen MR) is 105 cm³/mol. The molecule has 0 aliphatic carbocycles. The number of nitrogens with one attached hydrogen (secondary N) is 2. The van der Waals surface area contributed by atoms with E-state index < -0.39 is 0 Å². The molecule has 3 aromatic rings. The Hall–Kier alpha value is -3.05. The molecule has 0 aliphatic rings. The highest BCUT2D eigenvalue weighted by molar-refractivity contribution is 6.31. The van der Waals surface area contributed by atoms with Crippen LogP contribution in [0.4, 0.5) is 17.1 Å². The van der Waals surface area contributed by atoms with Crippen LogP contribution in [0.25, 0.3) is 0 Å². The molecule has 1 amide bonds. The monoisotopic (exact) mass is 367 g/mol. The van der Waals surface area contributed by atoms with Crippen LogP contribution in [-0.4, -0.2) is 18.0 Å². The Morgan fingerprint density at radius 1 is 1.08 bits per heavy atom. The van der Waals surface area contributed by atoms with E-state index >= 15 is 0 Å². The Labute approximate surface area is 157 Å². The summed E-state index contributed by atoms with van der Waals surface area (Å²) >= 11 is 6.15. The fourth-order valence-corrected chi connectivity index (χ4v) is 2.61. The molecule has 0 saturated carbocycles. The lowest BCUT2D eigenvalue weighted by molar-refractivity contribution is 0.102. The number of carbonyl (C=O) groups excluding carboxylic acids is 1. The van der Waals surface area contributed by atoms with Crippen LogP contribution < -0.4 is 15.4 Å². The molecular weight excluding hydrogens is 350 g/mol. The molecule has 5 nitrogen and oxygen atoms in total. The number of methoxy groups -OCH3 is 1. The average Bonchev–Trinajstić information content (AvgIpc) is 2.66. The van der Waals surface area contributed by atoms with E-state index in [-0.39, 0.29) is 5.91 Å². The summed E-state index contributed by atoms with van der Waals surface area (Å²) in [7, 11) is 1.58. The van der Waals surface area contributed by atoms with Crippen molar-refractivity contribution in [2.45, 2.75) is 6.92 Å². The molecule has 0 radical (unpaired) electrons. The molecule has 0 unspecified atom stereocenters. The van der Waals surface area contributed by atoms with E-state index in [4.69, 9.17) is 16.3 Å². The van der Waals surface area contributed by atoms with E-state index in [1.807, 2.05) is 37.3 Å². The summed E-state index contributed by atoms with van der Waals surface area (Å²) in [6.07, 6.45) is 3.17. The molecule has 0 spiro atoms. The van der Waals surface area contributed by atoms with Crippen molar-refractivity contribution in [3.63, 3.8) is 0 Å². The molecule has 6 heteroatoms. The van der Waals surface area contributed by atoms with Crippen LogP contribution >= 0.6 is 11.6 Å². The number of halogens is 1. The number of pyridine rings is 1. The van der Waals surface area contributed by atoms with Gasteiger partial charge in [-0.1, -0.05) is 23.7 Å². The third kappa shape index (κ3) is 4.13. The molecule has 132 valence electrons. The van der Waals surface area contributed by atoms with Gasteiger partial charge in [0.05, 0.1) is 24.6 Å². The Morgan fingerprint density at radius 3 is 2.69 bits per heavy atom. The van der Waals surface area contributed by atoms with Gasteiger partial charge in [0.15, 0.2) is 0 Å². The number of hydrogen-bond acceptors (Lipinski definition) is 4. The number of rotatable bonds is 5. The maximum Gasteiger partial charge on any atom is 0.257 e. The fourth-order valence-electron chi connectivity index (χ4n) is 2.43. The number of carbonyl (C=O) groups is 1. The molecule has 1 aromatic heterocycles. The molecule has 1 heterocycles. The zero-order chi connectivity index (χ0) is 18.5. The van der Waals surface area contributed by atoms with E-state index in [0.29, 0.717) is 27.7 Å². The zero-order valence-corrected chi connectivity index (χ0v) is 15.2. The quantitative estimate of drug-likeness (QED) is 0.662. The topological polar surface area (TPSA) is 63.2 Å². The van der Waals surface area contributed by atoms with Crippen molar-refractivity contribution in [1.29, 1.82) is 0 Å². The molecule has 2 N–H and O–H groups in total. The average molecular weight is 368 g/mol. The van der Waals surface area contributed by atoms with Crippen molar-refractivity contribution in [1.82, 2.24) is 4.98 Å². The van der Waals surface area contributed by atoms with Crippen LogP contribution in [0.2, 0.25) is 5.02 Å². The van der Waals surface area contributed by atoms with Gasteiger partial charge in [0.25, 0.3) is 5.91 Å². The largest absolute Gasteiger partial charge is 0.497 e. The number of nitrogens with zero attached hydrogens (tertiary/aromatic N) is 1. The smallest absolute Gasteiger partial charge is 0.257 e. The highest BCUT2D eigenvalue weighted by Gasteiger charge is 2.09. The highest BCUT2D eigenvalue weighted by atomic mass is 35.5. The van der Waals surface area contributed by atoms with Crippen molar-refractivity contribution in [3.8, 4) is 5.75 Å². The number of ether oxygens (including phenoxy) is 1. The van der Waals surface area contributed by atoms with E-state index in [9.17, 15) is 4.79 Å². The summed E-state index contributed by atoms with van der Waals surface area (Å²) in [4.78, 5) is 16.6. The molecular formula is C20H18ClN3O2. The second-order valence-corrected chi connectivity index (χ2v) is 6.09. The van der Waals surface area contributed by atoms with Crippen LogP contribution in [0.3, 0.4) is 0 Å². The third-order valence-corrected chi connectivity index (χ3v) is 4.28. The minimum absolute atomic E-state index is 0.253. The Balaban J connectivity index is 1.78. The van der Waals surface area contributed by atoms with E-state index in [2.05, 4.69) is 15.6 Å². The number of anilines is 3. The first kappa shape index (κ1) is 17.8. The van der Waals surface area contributed by atoms with E-state index in [0.717, 1.165) is 11.3 Å². The number of benzene rings is 2. The molecule has 26 heavy (non-hydrogen) atoms. The summed E-state index contributed by atoms with van der Waals surface area (Å²) < 4.78 is 5.16. The second kappa shape index (κ2) is 7.89. The zero-order valence-electron chi connectivity index (χ0n) is 14.4. The van der Waals surface area contributed by atoms with Gasteiger partial charge in [-0.2, -0.15) is 0 Å². The van der Waals surface area contributed by atoms with Gasteiger partial charge >= 0.3 is 0 Å². The van der Waals surface area contributed by atoms with Gasteiger partial charge < -0.3 is 15.4 Å². The van der Waals surface area contributed by atoms with Gasteiger partial charge in [0.2, 0.25) is 0 Å². The number of amides is 1. The van der Waals surface area contributed by atoms with Crippen molar-refractivity contribution < 1.29 is 9.53 Å². The SMILES string of the molecule is COc1cccc(NC(=O)c2cncc(Nc3cccc(Cl)c3C)c2)c1. The first-order valence-corrected chi connectivity index (χ1v) is 8.37. The van der Waals surface area contributed by atoms with Gasteiger partial charge in [-0.05, 0) is 42.8 Å². The lowest BCUT2D eigenvalue weighted by Crippen LogP contribution is -2.12. The first-order chi connectivity index (χ1) is 12.6. The second-order valence-electron chi connectivity index (χ2n) is 5.69. The van der Waals surface area contributed by atoms with Gasteiger partial charge in [-0.3, -0.25) is 9.78 Å². The number of aromatic nitrogens is 1. The van der Waals surface area contributed by atoms with Crippen molar-refractivity contribution in [2.24, 2.45) is 0 Å². The van der Waals surface area contributed by atoms with Gasteiger partial charge in [-0.25, -0.2) is 0 Å². The third-order valence-electron chi connectivity index (χ3n) is 3.87. The van der Waals surface area contributed by atoms with Crippen LogP contribution in [0, 0.1) is 6.92 Å². The summed E-state index contributed by atoms with van der Waals surface area (Å²) in [5, 5.41) is 6.76. The molecule has 0 atom stereocenters. The highest BCUT2D eigenvalue weighted by Crippen LogP contribution is 2.26. The normalized spacial score (nSPS) is 10.3. The van der Waals surface area contributed by atoms with Crippen LogP contribution in [-0.2, 0) is 0 Å². The molecule has 2 aromatic carbocycles. The Morgan fingerprint density at radius 2 is 1.88 bits per heavy atom. The van der Waals surface area contributed by atoms with Crippen LogP contribution in [0.5, 0.6) is 5.75 Å². The standard InChI is InChI=1S/C20H18ClN3O2/c1-13-18(21)7-4-8-19(13)23-16-9-14(11-22-12-16)20(25)24-15-5-3-6-17(10-15)26-2/h3-12,23H,1-2H3,(H,24,25). The minimum atomic E-state index is -0.253. The Kier molecular flexibility index (Phi) is 5.39. The fraction of sp³-hybridized carbons (Fsp3) is 0.100. The maximum absolute atomic E-state index is 12.5. The minimum Gasteiger partial charge on any atom is -0.497 e. The van der Waals surface area contributed by atoms with Gasteiger partial charge in [0.1, 0.15) is 5.75 Å². The maximum atomic E-state index is 12.5. The van der Waals surface area contributed by atoms with Crippen molar-refractivity contribution >= 4 is 34.6 Å². The Bertz CT molecular complexity index is 944. The van der Waals surface area contributed by atoms with Crippen LogP contribution in [0.15, 0.2) is 60.9 Å². The first-order valence-electron chi connectivity index (χ1n) is 7.99. The molecule has 0 aliphatic heterocycles. The molecule has 0 fully saturated rings. The predicted octanol–water partition coefficient (Wildman–Crippen LogP) is 5.05. The number of hydrogen-bond donors (Lipinski definition) is 2. The molecule has 3 rings (SSSR count). The summed E-state index contributed by atoms with van der Waals surface area (Å²) in [5.74, 6) is 0.421. The van der Waals surface area contributed by atoms with Gasteiger partial charge in [0, 0.05) is 28.7 Å². The van der Waals surface area contributed by atoms with Crippen molar-refractivity contribution in [3.05, 3.63) is 77.1 Å². The van der Waals surface area contributed by atoms with E-state index in [1.54, 1.807) is 31.5 Å². The van der Waals surface area contributed by atoms with E-state index in [1.165, 1.54) is 6.20 Å². The summed E-state index contributed by atoms with van der Waals surface area (Å²) in [5.41, 5.74) is 3.59. The lowest BCUT2D eigenvalue weighted by atomic mass is 10.2. The summed E-state index contributed by atoms with van der Waals surface area (Å²) in [6.45, 7) is 1.93. The van der Waals surface area contributed by atoms with Crippen molar-refractivity contribution in [2.75, 3.05) is 17.7 Å². The molecule has 0 saturated heterocycles. The lowest BCUT2D eigenvalue weighted by Gasteiger charge is -2.12. The van der Waals surface area contributed by atoms with Crippen LogP contribution in [0.1, 0.15) is 15.9 Å².